The number of carbonyl (C=O) groups is 1. The molecule has 0 aromatic heterocycles. The van der Waals surface area contributed by atoms with Crippen molar-refractivity contribution in [3.05, 3.63) is 48.0 Å². The van der Waals surface area contributed by atoms with Crippen molar-refractivity contribution in [2.45, 2.75) is 13.0 Å². The molecule has 2 rings (SSSR count). The Kier molecular flexibility index (Phi) is 5.72. The second-order valence-corrected chi connectivity index (χ2v) is 4.94. The van der Waals surface area contributed by atoms with E-state index >= 15 is 0 Å². The number of hydrogen-bond acceptors (Lipinski definition) is 3. The van der Waals surface area contributed by atoms with E-state index in [1.807, 2.05) is 25.1 Å². The Labute approximate surface area is 125 Å². The number of fused-ring (bicyclic) bond motifs is 1. The average molecular weight is 287 g/mol. The van der Waals surface area contributed by atoms with E-state index in [1.54, 1.807) is 7.11 Å². The molecule has 2 aromatic rings. The van der Waals surface area contributed by atoms with E-state index in [4.69, 9.17) is 9.47 Å². The molecule has 0 saturated carbocycles. The van der Waals surface area contributed by atoms with Crippen LogP contribution in [0, 0.1) is 0 Å². The van der Waals surface area contributed by atoms with Gasteiger partial charge in [-0.15, -0.1) is 0 Å². The van der Waals surface area contributed by atoms with Crippen LogP contribution in [-0.4, -0.2) is 32.8 Å². The van der Waals surface area contributed by atoms with E-state index in [1.165, 1.54) is 10.8 Å². The molecule has 4 nitrogen and oxygen atoms in total. The van der Waals surface area contributed by atoms with Gasteiger partial charge in [0.2, 0.25) is 5.91 Å². The lowest BCUT2D eigenvalue weighted by Crippen LogP contribution is -2.30. The maximum Gasteiger partial charge on any atom is 0.246 e. The number of rotatable bonds is 7. The molecular weight excluding hydrogens is 266 g/mol. The third kappa shape index (κ3) is 4.55. The van der Waals surface area contributed by atoms with Crippen LogP contribution in [0.15, 0.2) is 42.5 Å². The third-order valence-electron chi connectivity index (χ3n) is 3.32. The number of ether oxygens (including phenoxy) is 2. The van der Waals surface area contributed by atoms with Crippen LogP contribution in [0.1, 0.15) is 18.5 Å². The first-order valence-electron chi connectivity index (χ1n) is 7.05. The van der Waals surface area contributed by atoms with Crippen molar-refractivity contribution in [2.75, 3.05) is 26.9 Å². The fourth-order valence-corrected chi connectivity index (χ4v) is 2.15. The number of benzene rings is 2. The Bertz CT molecular complexity index is 597. The van der Waals surface area contributed by atoms with Gasteiger partial charge in [0.1, 0.15) is 6.61 Å². The fraction of sp³-hybridized carbons (Fsp3) is 0.353. The van der Waals surface area contributed by atoms with E-state index in [2.05, 4.69) is 29.6 Å². The summed E-state index contributed by atoms with van der Waals surface area (Å²) in [6, 6.07) is 14.3. The minimum atomic E-state index is -0.119. The van der Waals surface area contributed by atoms with Gasteiger partial charge in [0.05, 0.1) is 19.3 Å². The maximum atomic E-state index is 11.8. The smallest absolute Gasteiger partial charge is 0.246 e. The summed E-state index contributed by atoms with van der Waals surface area (Å²) in [5, 5.41) is 5.30. The van der Waals surface area contributed by atoms with Crippen molar-refractivity contribution in [3.8, 4) is 0 Å². The zero-order valence-electron chi connectivity index (χ0n) is 12.5. The van der Waals surface area contributed by atoms with Crippen molar-refractivity contribution in [1.82, 2.24) is 5.32 Å². The minimum absolute atomic E-state index is 0.0480. The molecule has 21 heavy (non-hydrogen) atoms. The molecule has 1 amide bonds. The molecule has 1 unspecified atom stereocenters. The molecule has 0 aliphatic heterocycles. The quantitative estimate of drug-likeness (QED) is 0.796. The predicted molar refractivity (Wildman–Crippen MR) is 83.2 cm³/mol. The first kappa shape index (κ1) is 15.5. The normalized spacial score (nSPS) is 12.3. The summed E-state index contributed by atoms with van der Waals surface area (Å²) in [4.78, 5) is 11.8. The van der Waals surface area contributed by atoms with Gasteiger partial charge in [-0.1, -0.05) is 36.4 Å². The number of carbonyl (C=O) groups excluding carboxylic acids is 1. The Hall–Kier alpha value is -1.91. The first-order valence-corrected chi connectivity index (χ1v) is 7.05. The molecule has 0 saturated heterocycles. The zero-order valence-corrected chi connectivity index (χ0v) is 12.5. The topological polar surface area (TPSA) is 47.6 Å². The number of methoxy groups -OCH3 is 1. The summed E-state index contributed by atoms with van der Waals surface area (Å²) in [6.07, 6.45) is 0. The molecule has 0 spiro atoms. The van der Waals surface area contributed by atoms with Crippen molar-refractivity contribution in [1.29, 1.82) is 0 Å². The van der Waals surface area contributed by atoms with Crippen LogP contribution in [0.5, 0.6) is 0 Å². The van der Waals surface area contributed by atoms with E-state index < -0.39 is 0 Å². The van der Waals surface area contributed by atoms with Gasteiger partial charge in [0, 0.05) is 7.11 Å². The van der Waals surface area contributed by atoms with Crippen molar-refractivity contribution < 1.29 is 14.3 Å². The summed E-state index contributed by atoms with van der Waals surface area (Å²) >= 11 is 0. The Morgan fingerprint density at radius 3 is 2.67 bits per heavy atom. The summed E-state index contributed by atoms with van der Waals surface area (Å²) in [5.41, 5.74) is 1.08. The molecular formula is C17H21NO3. The fourth-order valence-electron chi connectivity index (χ4n) is 2.15. The van der Waals surface area contributed by atoms with E-state index in [0.29, 0.717) is 13.2 Å². The molecule has 0 heterocycles. The van der Waals surface area contributed by atoms with Crippen molar-refractivity contribution in [3.63, 3.8) is 0 Å². The van der Waals surface area contributed by atoms with Crippen LogP contribution in [-0.2, 0) is 14.3 Å². The Balaban J connectivity index is 1.92. The number of amides is 1. The van der Waals surface area contributed by atoms with Gasteiger partial charge in [-0.2, -0.15) is 0 Å². The van der Waals surface area contributed by atoms with E-state index in [0.717, 1.165) is 5.56 Å². The largest absolute Gasteiger partial charge is 0.382 e. The minimum Gasteiger partial charge on any atom is -0.382 e. The van der Waals surface area contributed by atoms with Crippen LogP contribution >= 0.6 is 0 Å². The van der Waals surface area contributed by atoms with Crippen LogP contribution < -0.4 is 5.32 Å². The highest BCUT2D eigenvalue weighted by molar-refractivity contribution is 5.83. The number of nitrogens with one attached hydrogen (secondary N) is 1. The van der Waals surface area contributed by atoms with Gasteiger partial charge < -0.3 is 14.8 Å². The summed E-state index contributed by atoms with van der Waals surface area (Å²) in [6.45, 7) is 2.94. The highest BCUT2D eigenvalue weighted by Crippen LogP contribution is 2.20. The lowest BCUT2D eigenvalue weighted by molar-refractivity contribution is -0.126. The van der Waals surface area contributed by atoms with Crippen LogP contribution in [0.4, 0.5) is 0 Å². The molecule has 0 aliphatic carbocycles. The molecule has 0 radical (unpaired) electrons. The Morgan fingerprint density at radius 2 is 1.90 bits per heavy atom. The van der Waals surface area contributed by atoms with Gasteiger partial charge in [-0.05, 0) is 29.3 Å². The predicted octanol–water partition coefficient (Wildman–Crippen LogP) is 2.68. The van der Waals surface area contributed by atoms with E-state index in [9.17, 15) is 4.79 Å². The molecule has 4 heteroatoms. The second-order valence-electron chi connectivity index (χ2n) is 4.94. The first-order chi connectivity index (χ1) is 10.2. The highest BCUT2D eigenvalue weighted by Gasteiger charge is 2.10. The summed E-state index contributed by atoms with van der Waals surface area (Å²) in [7, 11) is 1.60. The molecule has 1 N–H and O–H groups in total. The van der Waals surface area contributed by atoms with Crippen LogP contribution in [0.2, 0.25) is 0 Å². The lowest BCUT2D eigenvalue weighted by Gasteiger charge is -2.15. The monoisotopic (exact) mass is 287 g/mol. The molecule has 0 bridgehead atoms. The highest BCUT2D eigenvalue weighted by atomic mass is 16.5. The van der Waals surface area contributed by atoms with Gasteiger partial charge in [-0.3, -0.25) is 4.79 Å². The number of hydrogen-bond donors (Lipinski definition) is 1. The van der Waals surface area contributed by atoms with Gasteiger partial charge in [0.25, 0.3) is 0 Å². The maximum absolute atomic E-state index is 11.8. The van der Waals surface area contributed by atoms with Crippen LogP contribution in [0.25, 0.3) is 10.8 Å². The van der Waals surface area contributed by atoms with E-state index in [-0.39, 0.29) is 18.6 Å². The van der Waals surface area contributed by atoms with Gasteiger partial charge >= 0.3 is 0 Å². The molecule has 2 aromatic carbocycles. The zero-order chi connectivity index (χ0) is 15.1. The standard InChI is InChI=1S/C17H21NO3/c1-13(18-17(19)12-21-10-9-20-2)15-8-7-14-5-3-4-6-16(14)11-15/h3-8,11,13H,9-10,12H2,1-2H3,(H,18,19). The lowest BCUT2D eigenvalue weighted by atomic mass is 10.0. The Morgan fingerprint density at radius 1 is 1.14 bits per heavy atom. The van der Waals surface area contributed by atoms with Gasteiger partial charge in [-0.25, -0.2) is 0 Å². The molecule has 0 fully saturated rings. The second kappa shape index (κ2) is 7.76. The average Bonchev–Trinajstić information content (AvgIpc) is 2.51. The molecule has 1 atom stereocenters. The summed E-state index contributed by atoms with van der Waals surface area (Å²) < 4.78 is 10.1. The molecule has 0 aliphatic rings. The van der Waals surface area contributed by atoms with Crippen LogP contribution in [0.3, 0.4) is 0 Å². The summed E-state index contributed by atoms with van der Waals surface area (Å²) in [5.74, 6) is -0.119. The van der Waals surface area contributed by atoms with Crippen molar-refractivity contribution >= 4 is 16.7 Å². The molecule has 112 valence electrons. The third-order valence-corrected chi connectivity index (χ3v) is 3.32. The SMILES string of the molecule is COCCOCC(=O)NC(C)c1ccc2ccccc2c1. The van der Waals surface area contributed by atoms with Gasteiger partial charge in [0.15, 0.2) is 0 Å². The van der Waals surface area contributed by atoms with Crippen molar-refractivity contribution in [2.24, 2.45) is 0 Å².